The molecule has 4 nitrogen and oxygen atoms in total. The summed E-state index contributed by atoms with van der Waals surface area (Å²) in [6, 6.07) is 50.9. The van der Waals surface area contributed by atoms with E-state index in [9.17, 15) is 0 Å². The third-order valence-corrected chi connectivity index (χ3v) is 7.91. The van der Waals surface area contributed by atoms with E-state index in [4.69, 9.17) is 9.97 Å². The Morgan fingerprint density at radius 3 is 1.90 bits per heavy atom. The highest BCUT2D eigenvalue weighted by Gasteiger charge is 2.24. The fourth-order valence-corrected chi connectivity index (χ4v) is 6.01. The Balaban J connectivity index is 1.49. The van der Waals surface area contributed by atoms with Crippen LogP contribution in [0.3, 0.4) is 0 Å². The van der Waals surface area contributed by atoms with Crippen molar-refractivity contribution in [1.29, 1.82) is 0 Å². The third-order valence-electron chi connectivity index (χ3n) is 7.91. The number of hydrogen-bond acceptors (Lipinski definition) is 3. The predicted molar refractivity (Wildman–Crippen MR) is 174 cm³/mol. The molecule has 0 aliphatic rings. The molecule has 2 heterocycles. The number of fused-ring (bicyclic) bond motifs is 3. The van der Waals surface area contributed by atoms with E-state index in [1.807, 2.05) is 12.1 Å². The number of anilines is 3. The average molecular weight is 539 g/mol. The van der Waals surface area contributed by atoms with Gasteiger partial charge in [0.25, 0.3) is 0 Å². The lowest BCUT2D eigenvalue weighted by molar-refractivity contribution is 1.09. The molecule has 6 aromatic carbocycles. The van der Waals surface area contributed by atoms with Crippen molar-refractivity contribution in [3.63, 3.8) is 0 Å². The number of benzene rings is 6. The van der Waals surface area contributed by atoms with E-state index < -0.39 is 0 Å². The zero-order valence-electron chi connectivity index (χ0n) is 22.8. The predicted octanol–water partition coefficient (Wildman–Crippen LogP) is 9.86. The quantitative estimate of drug-likeness (QED) is 0.219. The van der Waals surface area contributed by atoms with Crippen LogP contribution in [-0.2, 0) is 0 Å². The molecule has 8 rings (SSSR count). The van der Waals surface area contributed by atoms with Crippen LogP contribution in [0.15, 0.2) is 158 Å². The van der Waals surface area contributed by atoms with E-state index in [0.717, 1.165) is 50.4 Å². The summed E-state index contributed by atoms with van der Waals surface area (Å²) in [4.78, 5) is 12.2. The number of para-hydroxylation sites is 2. The zero-order valence-corrected chi connectivity index (χ0v) is 22.8. The molecule has 0 aliphatic carbocycles. The van der Waals surface area contributed by atoms with Crippen LogP contribution >= 0.6 is 0 Å². The van der Waals surface area contributed by atoms with Gasteiger partial charge in [-0.15, -0.1) is 0 Å². The Morgan fingerprint density at radius 2 is 1.12 bits per heavy atom. The summed E-state index contributed by atoms with van der Waals surface area (Å²) >= 11 is 0. The van der Waals surface area contributed by atoms with Gasteiger partial charge in [-0.3, -0.25) is 4.90 Å². The SMILES string of the molecule is c1ccc(N(c2cccc3ccccc23)c2ncnc3c(-c4cccc5ccccc45)cn(-c4ccccc4)c23)cc1. The molecule has 0 aliphatic heterocycles. The van der Waals surface area contributed by atoms with E-state index in [0.29, 0.717) is 0 Å². The van der Waals surface area contributed by atoms with Crippen LogP contribution in [0.4, 0.5) is 17.2 Å². The average Bonchev–Trinajstić information content (AvgIpc) is 3.46. The number of aromatic nitrogens is 3. The van der Waals surface area contributed by atoms with E-state index in [2.05, 4.69) is 149 Å². The summed E-state index contributed by atoms with van der Waals surface area (Å²) in [5, 5.41) is 4.73. The van der Waals surface area contributed by atoms with E-state index >= 15 is 0 Å². The van der Waals surface area contributed by atoms with Crippen LogP contribution in [0.5, 0.6) is 0 Å². The van der Waals surface area contributed by atoms with Gasteiger partial charge >= 0.3 is 0 Å². The Kier molecular flexibility index (Phi) is 5.75. The largest absolute Gasteiger partial charge is 0.311 e. The Morgan fingerprint density at radius 1 is 0.500 bits per heavy atom. The molecule has 42 heavy (non-hydrogen) atoms. The number of nitrogens with zero attached hydrogens (tertiary/aromatic N) is 4. The zero-order chi connectivity index (χ0) is 27.9. The molecule has 0 atom stereocenters. The molecule has 0 radical (unpaired) electrons. The van der Waals surface area contributed by atoms with Crippen LogP contribution in [0, 0.1) is 0 Å². The van der Waals surface area contributed by atoms with Crippen LogP contribution in [-0.4, -0.2) is 14.5 Å². The second-order valence-corrected chi connectivity index (χ2v) is 10.3. The smallest absolute Gasteiger partial charge is 0.166 e. The fourth-order valence-electron chi connectivity index (χ4n) is 6.01. The van der Waals surface area contributed by atoms with Gasteiger partial charge in [0.05, 0.1) is 5.69 Å². The third kappa shape index (κ3) is 3.93. The molecule has 0 spiro atoms. The van der Waals surface area contributed by atoms with Crippen molar-refractivity contribution in [2.24, 2.45) is 0 Å². The van der Waals surface area contributed by atoms with Crippen molar-refractivity contribution >= 4 is 49.8 Å². The summed E-state index contributed by atoms with van der Waals surface area (Å²) < 4.78 is 2.24. The van der Waals surface area contributed by atoms with Gasteiger partial charge in [0.2, 0.25) is 0 Å². The van der Waals surface area contributed by atoms with Gasteiger partial charge < -0.3 is 4.57 Å². The molecule has 0 N–H and O–H groups in total. The second kappa shape index (κ2) is 10.0. The first kappa shape index (κ1) is 24.1. The Hall–Kier alpha value is -5.74. The second-order valence-electron chi connectivity index (χ2n) is 10.3. The maximum Gasteiger partial charge on any atom is 0.166 e. The molecule has 4 heteroatoms. The minimum atomic E-state index is 0.817. The molecule has 198 valence electrons. The molecule has 8 aromatic rings. The molecular formula is C38H26N4. The van der Waals surface area contributed by atoms with Crippen LogP contribution < -0.4 is 4.90 Å². The minimum Gasteiger partial charge on any atom is -0.311 e. The molecule has 2 aromatic heterocycles. The first-order valence-corrected chi connectivity index (χ1v) is 14.1. The lowest BCUT2D eigenvalue weighted by Gasteiger charge is -2.26. The Bertz CT molecular complexity index is 2190. The maximum atomic E-state index is 5.02. The van der Waals surface area contributed by atoms with Gasteiger partial charge in [-0.2, -0.15) is 0 Å². The number of rotatable bonds is 5. The van der Waals surface area contributed by atoms with Gasteiger partial charge in [-0.1, -0.05) is 115 Å². The molecule has 0 amide bonds. The molecule has 0 bridgehead atoms. The van der Waals surface area contributed by atoms with Crippen molar-refractivity contribution in [2.45, 2.75) is 0 Å². The normalized spacial score (nSPS) is 11.3. The van der Waals surface area contributed by atoms with Crippen LogP contribution in [0.2, 0.25) is 0 Å². The lowest BCUT2D eigenvalue weighted by Crippen LogP contribution is -2.14. The van der Waals surface area contributed by atoms with Crippen molar-refractivity contribution in [2.75, 3.05) is 4.90 Å². The monoisotopic (exact) mass is 538 g/mol. The standard InChI is InChI=1S/C38H26N4/c1-3-17-29(18-4-1)41-25-34(33-23-11-15-27-13-7-9-21-31(27)33)36-37(41)38(40-26-39-36)42(30-19-5-2-6-20-30)35-24-12-16-28-14-8-10-22-32(28)35/h1-26H. The summed E-state index contributed by atoms with van der Waals surface area (Å²) in [6.07, 6.45) is 3.91. The van der Waals surface area contributed by atoms with Crippen molar-refractivity contribution in [1.82, 2.24) is 14.5 Å². The highest BCUT2D eigenvalue weighted by molar-refractivity contribution is 6.09. The first-order chi connectivity index (χ1) is 20.9. The molecule has 0 saturated heterocycles. The van der Waals surface area contributed by atoms with Gasteiger partial charge in [-0.25, -0.2) is 9.97 Å². The minimum absolute atomic E-state index is 0.817. The van der Waals surface area contributed by atoms with Gasteiger partial charge in [0, 0.05) is 28.5 Å². The highest BCUT2D eigenvalue weighted by atomic mass is 15.2. The highest BCUT2D eigenvalue weighted by Crippen LogP contribution is 2.44. The summed E-state index contributed by atoms with van der Waals surface area (Å²) in [5.74, 6) is 0.817. The molecule has 0 saturated carbocycles. The van der Waals surface area contributed by atoms with Crippen molar-refractivity contribution in [3.05, 3.63) is 158 Å². The van der Waals surface area contributed by atoms with Gasteiger partial charge in [0.15, 0.2) is 5.82 Å². The topological polar surface area (TPSA) is 34.0 Å². The van der Waals surface area contributed by atoms with Gasteiger partial charge in [0.1, 0.15) is 17.4 Å². The van der Waals surface area contributed by atoms with Crippen LogP contribution in [0.25, 0.3) is 49.4 Å². The Labute approximate surface area is 243 Å². The summed E-state index contributed by atoms with van der Waals surface area (Å²) in [6.45, 7) is 0. The van der Waals surface area contributed by atoms with Gasteiger partial charge in [-0.05, 0) is 52.1 Å². The molecular weight excluding hydrogens is 512 g/mol. The summed E-state index contributed by atoms with van der Waals surface area (Å²) in [7, 11) is 0. The number of hydrogen-bond donors (Lipinski definition) is 0. The first-order valence-electron chi connectivity index (χ1n) is 14.1. The van der Waals surface area contributed by atoms with E-state index in [-0.39, 0.29) is 0 Å². The van der Waals surface area contributed by atoms with Crippen molar-refractivity contribution < 1.29 is 0 Å². The maximum absolute atomic E-state index is 5.02. The summed E-state index contributed by atoms with van der Waals surface area (Å²) in [5.41, 5.74) is 7.21. The van der Waals surface area contributed by atoms with Crippen LogP contribution in [0.1, 0.15) is 0 Å². The lowest BCUT2D eigenvalue weighted by atomic mass is 9.99. The molecule has 0 fully saturated rings. The molecule has 0 unspecified atom stereocenters. The van der Waals surface area contributed by atoms with E-state index in [1.165, 1.54) is 16.2 Å². The van der Waals surface area contributed by atoms with E-state index in [1.54, 1.807) is 6.33 Å². The fraction of sp³-hybridized carbons (Fsp3) is 0. The van der Waals surface area contributed by atoms with Crippen molar-refractivity contribution in [3.8, 4) is 16.8 Å².